The van der Waals surface area contributed by atoms with Gasteiger partial charge in [0.05, 0.1) is 7.11 Å². The number of phenolic OH excluding ortho intramolecular Hbond substituents is 1. The highest BCUT2D eigenvalue weighted by molar-refractivity contribution is 9.10. The normalized spacial score (nSPS) is 10.4. The summed E-state index contributed by atoms with van der Waals surface area (Å²) in [5, 5.41) is 9.26. The standard InChI is InChI=1S/C8H9BrFNO2/c1-13-11-4-5-2-6(9)3-7(10)8(5)12/h2-3,11-12H,4H2,1H3. The van der Waals surface area contributed by atoms with E-state index in [0.29, 0.717) is 10.0 Å². The van der Waals surface area contributed by atoms with Crippen LogP contribution in [-0.4, -0.2) is 12.2 Å². The molecular formula is C8H9BrFNO2. The SMILES string of the molecule is CONCc1cc(Br)cc(F)c1O. The zero-order chi connectivity index (χ0) is 9.84. The molecule has 0 unspecified atom stereocenters. The van der Waals surface area contributed by atoms with Crippen molar-refractivity contribution in [3.8, 4) is 5.75 Å². The maximum atomic E-state index is 12.9. The molecule has 5 heteroatoms. The molecule has 0 bridgehead atoms. The molecule has 0 atom stereocenters. The van der Waals surface area contributed by atoms with Gasteiger partial charge in [0.25, 0.3) is 0 Å². The van der Waals surface area contributed by atoms with Gasteiger partial charge in [-0.25, -0.2) is 4.39 Å². The Morgan fingerprint density at radius 1 is 1.62 bits per heavy atom. The summed E-state index contributed by atoms with van der Waals surface area (Å²) in [5.74, 6) is -1.00. The van der Waals surface area contributed by atoms with Gasteiger partial charge < -0.3 is 9.94 Å². The van der Waals surface area contributed by atoms with Crippen molar-refractivity contribution in [1.82, 2.24) is 5.48 Å². The van der Waals surface area contributed by atoms with Crippen molar-refractivity contribution in [3.63, 3.8) is 0 Å². The lowest BCUT2D eigenvalue weighted by Crippen LogP contribution is -2.11. The number of rotatable bonds is 3. The summed E-state index contributed by atoms with van der Waals surface area (Å²) in [6.07, 6.45) is 0. The molecule has 0 fully saturated rings. The third-order valence-corrected chi connectivity index (χ3v) is 1.97. The predicted octanol–water partition coefficient (Wildman–Crippen LogP) is 1.94. The number of aromatic hydroxyl groups is 1. The van der Waals surface area contributed by atoms with E-state index in [-0.39, 0.29) is 12.3 Å². The minimum Gasteiger partial charge on any atom is -0.505 e. The molecule has 3 nitrogen and oxygen atoms in total. The summed E-state index contributed by atoms with van der Waals surface area (Å²) in [5.41, 5.74) is 2.95. The Morgan fingerprint density at radius 2 is 2.31 bits per heavy atom. The molecule has 0 aliphatic carbocycles. The van der Waals surface area contributed by atoms with Crippen LogP contribution >= 0.6 is 15.9 Å². The Kier molecular flexibility index (Phi) is 3.65. The number of hydroxylamine groups is 1. The summed E-state index contributed by atoms with van der Waals surface area (Å²) >= 11 is 3.12. The fraction of sp³-hybridized carbons (Fsp3) is 0.250. The van der Waals surface area contributed by atoms with Gasteiger partial charge in [0, 0.05) is 16.6 Å². The first-order chi connectivity index (χ1) is 6.15. The molecule has 0 radical (unpaired) electrons. The van der Waals surface area contributed by atoms with Crippen LogP contribution in [0.2, 0.25) is 0 Å². The Hall–Kier alpha value is -0.650. The number of benzene rings is 1. The van der Waals surface area contributed by atoms with Gasteiger partial charge in [-0.2, -0.15) is 5.48 Å². The van der Waals surface area contributed by atoms with Crippen molar-refractivity contribution in [2.24, 2.45) is 0 Å². The Bertz CT molecular complexity index is 306. The Morgan fingerprint density at radius 3 is 2.92 bits per heavy atom. The van der Waals surface area contributed by atoms with Gasteiger partial charge >= 0.3 is 0 Å². The minimum atomic E-state index is -0.651. The second kappa shape index (κ2) is 4.55. The topological polar surface area (TPSA) is 41.5 Å². The highest BCUT2D eigenvalue weighted by Gasteiger charge is 2.08. The predicted molar refractivity (Wildman–Crippen MR) is 49.6 cm³/mol. The molecule has 1 aromatic rings. The lowest BCUT2D eigenvalue weighted by molar-refractivity contribution is 0.0860. The summed E-state index contributed by atoms with van der Waals surface area (Å²) in [7, 11) is 1.45. The quantitative estimate of drug-likeness (QED) is 0.805. The van der Waals surface area contributed by atoms with Crippen LogP contribution in [0.25, 0.3) is 0 Å². The van der Waals surface area contributed by atoms with Gasteiger partial charge in [-0.15, -0.1) is 0 Å². The van der Waals surface area contributed by atoms with E-state index in [1.54, 1.807) is 6.07 Å². The third-order valence-electron chi connectivity index (χ3n) is 1.51. The molecule has 0 amide bonds. The fourth-order valence-electron chi connectivity index (χ4n) is 0.904. The first-order valence-electron chi connectivity index (χ1n) is 3.58. The minimum absolute atomic E-state index is 0.249. The molecule has 1 aromatic carbocycles. The number of hydrogen-bond acceptors (Lipinski definition) is 3. The number of halogens is 2. The number of phenols is 1. The van der Waals surface area contributed by atoms with Crippen molar-refractivity contribution in [1.29, 1.82) is 0 Å². The van der Waals surface area contributed by atoms with Crippen LogP contribution in [0.1, 0.15) is 5.56 Å². The van der Waals surface area contributed by atoms with E-state index in [1.807, 2.05) is 0 Å². The van der Waals surface area contributed by atoms with Crippen LogP contribution in [-0.2, 0) is 11.4 Å². The molecule has 0 aliphatic rings. The molecule has 13 heavy (non-hydrogen) atoms. The summed E-state index contributed by atoms with van der Waals surface area (Å²) < 4.78 is 13.5. The van der Waals surface area contributed by atoms with Crippen molar-refractivity contribution >= 4 is 15.9 Å². The van der Waals surface area contributed by atoms with Gasteiger partial charge in [-0.1, -0.05) is 15.9 Å². The first kappa shape index (κ1) is 10.4. The van der Waals surface area contributed by atoms with E-state index >= 15 is 0 Å². The van der Waals surface area contributed by atoms with Crippen LogP contribution in [0.5, 0.6) is 5.75 Å². The maximum absolute atomic E-state index is 12.9. The van der Waals surface area contributed by atoms with Crippen LogP contribution < -0.4 is 5.48 Å². The van der Waals surface area contributed by atoms with Crippen LogP contribution in [0.4, 0.5) is 4.39 Å². The molecule has 0 saturated carbocycles. The zero-order valence-electron chi connectivity index (χ0n) is 6.97. The van der Waals surface area contributed by atoms with Gasteiger partial charge in [-0.05, 0) is 12.1 Å². The molecule has 0 heterocycles. The molecule has 1 rings (SSSR count). The second-order valence-corrected chi connectivity index (χ2v) is 3.34. The number of hydrogen-bond donors (Lipinski definition) is 2. The molecule has 0 spiro atoms. The van der Waals surface area contributed by atoms with Crippen LogP contribution in [0.15, 0.2) is 16.6 Å². The van der Waals surface area contributed by atoms with Gasteiger partial charge in [0.15, 0.2) is 11.6 Å². The van der Waals surface area contributed by atoms with E-state index in [4.69, 9.17) is 0 Å². The highest BCUT2D eigenvalue weighted by atomic mass is 79.9. The molecule has 72 valence electrons. The van der Waals surface area contributed by atoms with E-state index in [2.05, 4.69) is 26.2 Å². The highest BCUT2D eigenvalue weighted by Crippen LogP contribution is 2.25. The van der Waals surface area contributed by atoms with E-state index in [1.165, 1.54) is 13.2 Å². The molecular weight excluding hydrogens is 241 g/mol. The summed E-state index contributed by atoms with van der Waals surface area (Å²) in [6, 6.07) is 2.82. The summed E-state index contributed by atoms with van der Waals surface area (Å²) in [4.78, 5) is 4.58. The monoisotopic (exact) mass is 249 g/mol. The third kappa shape index (κ3) is 2.65. The summed E-state index contributed by atoms with van der Waals surface area (Å²) in [6.45, 7) is 0.249. The van der Waals surface area contributed by atoms with Crippen LogP contribution in [0, 0.1) is 5.82 Å². The van der Waals surface area contributed by atoms with E-state index in [0.717, 1.165) is 0 Å². The fourth-order valence-corrected chi connectivity index (χ4v) is 1.38. The molecule has 0 saturated heterocycles. The average Bonchev–Trinajstić information content (AvgIpc) is 2.09. The average molecular weight is 250 g/mol. The lowest BCUT2D eigenvalue weighted by Gasteiger charge is -2.06. The van der Waals surface area contributed by atoms with E-state index < -0.39 is 5.82 Å². The molecule has 0 aromatic heterocycles. The van der Waals surface area contributed by atoms with Crippen LogP contribution in [0.3, 0.4) is 0 Å². The number of nitrogens with one attached hydrogen (secondary N) is 1. The van der Waals surface area contributed by atoms with Gasteiger partial charge in [0.1, 0.15) is 0 Å². The van der Waals surface area contributed by atoms with E-state index in [9.17, 15) is 9.50 Å². The second-order valence-electron chi connectivity index (χ2n) is 2.42. The van der Waals surface area contributed by atoms with Crippen molar-refractivity contribution < 1.29 is 14.3 Å². The Balaban J connectivity index is 2.92. The first-order valence-corrected chi connectivity index (χ1v) is 4.37. The van der Waals surface area contributed by atoms with Crippen molar-refractivity contribution in [2.75, 3.05) is 7.11 Å². The van der Waals surface area contributed by atoms with Crippen molar-refractivity contribution in [2.45, 2.75) is 6.54 Å². The smallest absolute Gasteiger partial charge is 0.166 e. The van der Waals surface area contributed by atoms with Gasteiger partial charge in [0.2, 0.25) is 0 Å². The molecule has 2 N–H and O–H groups in total. The molecule has 0 aliphatic heterocycles. The van der Waals surface area contributed by atoms with Crippen molar-refractivity contribution in [3.05, 3.63) is 28.0 Å². The largest absolute Gasteiger partial charge is 0.505 e. The zero-order valence-corrected chi connectivity index (χ0v) is 8.56. The van der Waals surface area contributed by atoms with Gasteiger partial charge in [-0.3, -0.25) is 0 Å². The lowest BCUT2D eigenvalue weighted by atomic mass is 10.2. The maximum Gasteiger partial charge on any atom is 0.166 e. The Labute approximate surface area is 83.6 Å².